The molecular formula is C10H10N4O. The Hall–Kier alpha value is -2.17. The van der Waals surface area contributed by atoms with Crippen LogP contribution in [0.3, 0.4) is 0 Å². The standard InChI is InChI=1S/C10H10N4O/c1-8(13-14-6-11-12-7-14)9-2-4-10(15)5-3-9/h2-7,15H,1H3. The third kappa shape index (κ3) is 2.19. The first-order chi connectivity index (χ1) is 7.25. The lowest BCUT2D eigenvalue weighted by atomic mass is 10.1. The van der Waals surface area contributed by atoms with Gasteiger partial charge in [0.05, 0.1) is 5.71 Å². The van der Waals surface area contributed by atoms with Crippen LogP contribution in [0.5, 0.6) is 5.75 Å². The molecule has 0 radical (unpaired) electrons. The van der Waals surface area contributed by atoms with Gasteiger partial charge in [0.15, 0.2) is 0 Å². The molecule has 1 heterocycles. The fraction of sp³-hybridized carbons (Fsp3) is 0.100. The number of phenolic OH excluding ortho intramolecular Hbond substituents is 1. The number of nitrogens with zero attached hydrogens (tertiary/aromatic N) is 4. The molecule has 0 unspecified atom stereocenters. The highest BCUT2D eigenvalue weighted by Crippen LogP contribution is 2.10. The molecule has 0 bridgehead atoms. The molecule has 0 atom stereocenters. The molecule has 76 valence electrons. The highest BCUT2D eigenvalue weighted by atomic mass is 16.3. The SMILES string of the molecule is CC(=Nn1cnnc1)c1ccc(O)cc1. The fourth-order valence-corrected chi connectivity index (χ4v) is 1.18. The van der Waals surface area contributed by atoms with Crippen molar-refractivity contribution in [3.05, 3.63) is 42.5 Å². The van der Waals surface area contributed by atoms with Crippen LogP contribution in [0.25, 0.3) is 0 Å². The van der Waals surface area contributed by atoms with E-state index in [2.05, 4.69) is 15.3 Å². The van der Waals surface area contributed by atoms with Crippen molar-refractivity contribution in [3.8, 4) is 5.75 Å². The molecule has 1 N–H and O–H groups in total. The minimum Gasteiger partial charge on any atom is -0.508 e. The molecule has 1 aromatic carbocycles. The minimum absolute atomic E-state index is 0.246. The molecule has 15 heavy (non-hydrogen) atoms. The van der Waals surface area contributed by atoms with Crippen molar-refractivity contribution in [2.75, 3.05) is 0 Å². The third-order valence-corrected chi connectivity index (χ3v) is 1.96. The molecule has 0 spiro atoms. The number of aromatic hydroxyl groups is 1. The van der Waals surface area contributed by atoms with Crippen molar-refractivity contribution in [2.24, 2.45) is 5.10 Å². The monoisotopic (exact) mass is 202 g/mol. The van der Waals surface area contributed by atoms with E-state index in [1.54, 1.807) is 24.3 Å². The summed E-state index contributed by atoms with van der Waals surface area (Å²) in [4.78, 5) is 0. The zero-order valence-electron chi connectivity index (χ0n) is 8.20. The van der Waals surface area contributed by atoms with Crippen LogP contribution in [0.15, 0.2) is 42.0 Å². The molecule has 0 fully saturated rings. The summed E-state index contributed by atoms with van der Waals surface area (Å²) < 4.78 is 1.53. The lowest BCUT2D eigenvalue weighted by Crippen LogP contribution is -1.97. The predicted molar refractivity (Wildman–Crippen MR) is 55.7 cm³/mol. The van der Waals surface area contributed by atoms with E-state index in [-0.39, 0.29) is 5.75 Å². The van der Waals surface area contributed by atoms with Crippen molar-refractivity contribution >= 4 is 5.71 Å². The van der Waals surface area contributed by atoms with Crippen LogP contribution in [0, 0.1) is 0 Å². The molecule has 1 aromatic heterocycles. The van der Waals surface area contributed by atoms with Crippen LogP contribution in [-0.2, 0) is 0 Å². The van der Waals surface area contributed by atoms with E-state index < -0.39 is 0 Å². The smallest absolute Gasteiger partial charge is 0.141 e. The lowest BCUT2D eigenvalue weighted by molar-refractivity contribution is 0.475. The van der Waals surface area contributed by atoms with Crippen LogP contribution in [-0.4, -0.2) is 25.7 Å². The van der Waals surface area contributed by atoms with E-state index in [1.165, 1.54) is 17.3 Å². The fourth-order valence-electron chi connectivity index (χ4n) is 1.18. The van der Waals surface area contributed by atoms with Crippen LogP contribution in [0.1, 0.15) is 12.5 Å². The van der Waals surface area contributed by atoms with Crippen molar-refractivity contribution in [3.63, 3.8) is 0 Å². The Morgan fingerprint density at radius 3 is 2.40 bits per heavy atom. The number of benzene rings is 1. The topological polar surface area (TPSA) is 63.3 Å². The summed E-state index contributed by atoms with van der Waals surface area (Å²) in [5, 5.41) is 20.7. The van der Waals surface area contributed by atoms with E-state index in [4.69, 9.17) is 5.11 Å². The van der Waals surface area contributed by atoms with E-state index in [0.717, 1.165) is 11.3 Å². The second-order valence-corrected chi connectivity index (χ2v) is 3.07. The second-order valence-electron chi connectivity index (χ2n) is 3.07. The Balaban J connectivity index is 2.28. The Labute approximate surface area is 86.7 Å². The number of aromatic nitrogens is 3. The maximum Gasteiger partial charge on any atom is 0.141 e. The van der Waals surface area contributed by atoms with Gasteiger partial charge in [-0.2, -0.15) is 5.10 Å². The van der Waals surface area contributed by atoms with Crippen LogP contribution in [0.2, 0.25) is 0 Å². The Kier molecular flexibility index (Phi) is 2.45. The molecule has 5 heteroatoms. The molecule has 0 aliphatic rings. The van der Waals surface area contributed by atoms with Crippen LogP contribution < -0.4 is 0 Å². The minimum atomic E-state index is 0.246. The molecule has 2 aromatic rings. The Morgan fingerprint density at radius 2 is 1.80 bits per heavy atom. The van der Waals surface area contributed by atoms with Gasteiger partial charge in [0, 0.05) is 0 Å². The van der Waals surface area contributed by atoms with E-state index in [1.807, 2.05) is 6.92 Å². The van der Waals surface area contributed by atoms with Gasteiger partial charge in [0.1, 0.15) is 18.4 Å². The van der Waals surface area contributed by atoms with Gasteiger partial charge in [-0.25, -0.2) is 4.68 Å². The predicted octanol–water partition coefficient (Wildman–Crippen LogP) is 1.26. The van der Waals surface area contributed by atoms with Crippen molar-refractivity contribution in [2.45, 2.75) is 6.92 Å². The summed E-state index contributed by atoms with van der Waals surface area (Å²) in [6, 6.07) is 6.86. The normalized spacial score (nSPS) is 11.7. The summed E-state index contributed by atoms with van der Waals surface area (Å²) in [7, 11) is 0. The summed E-state index contributed by atoms with van der Waals surface area (Å²) >= 11 is 0. The average Bonchev–Trinajstić information content (AvgIpc) is 2.71. The van der Waals surface area contributed by atoms with E-state index >= 15 is 0 Å². The number of phenols is 1. The van der Waals surface area contributed by atoms with Crippen molar-refractivity contribution in [1.29, 1.82) is 0 Å². The highest BCUT2D eigenvalue weighted by molar-refractivity contribution is 5.98. The molecule has 0 saturated heterocycles. The molecule has 0 amide bonds. The van der Waals surface area contributed by atoms with Gasteiger partial charge >= 0.3 is 0 Å². The van der Waals surface area contributed by atoms with E-state index in [9.17, 15) is 0 Å². The van der Waals surface area contributed by atoms with E-state index in [0.29, 0.717) is 0 Å². The first kappa shape index (κ1) is 9.39. The summed E-state index contributed by atoms with van der Waals surface area (Å²) in [5.41, 5.74) is 1.77. The third-order valence-electron chi connectivity index (χ3n) is 1.96. The lowest BCUT2D eigenvalue weighted by Gasteiger charge is -2.00. The highest BCUT2D eigenvalue weighted by Gasteiger charge is 1.97. The Bertz CT molecular complexity index is 459. The van der Waals surface area contributed by atoms with Crippen LogP contribution >= 0.6 is 0 Å². The summed E-state index contributed by atoms with van der Waals surface area (Å²) in [5.74, 6) is 0.246. The van der Waals surface area contributed by atoms with Gasteiger partial charge in [-0.15, -0.1) is 10.2 Å². The van der Waals surface area contributed by atoms with Gasteiger partial charge in [0.25, 0.3) is 0 Å². The molecule has 2 rings (SSSR count). The molecule has 0 aliphatic carbocycles. The van der Waals surface area contributed by atoms with Crippen molar-refractivity contribution < 1.29 is 5.11 Å². The number of hydrogen-bond donors (Lipinski definition) is 1. The Morgan fingerprint density at radius 1 is 1.20 bits per heavy atom. The second kappa shape index (κ2) is 3.91. The van der Waals surface area contributed by atoms with Crippen molar-refractivity contribution in [1.82, 2.24) is 14.9 Å². The molecule has 0 saturated carbocycles. The first-order valence-electron chi connectivity index (χ1n) is 4.45. The average molecular weight is 202 g/mol. The summed E-state index contributed by atoms with van der Waals surface area (Å²) in [6.07, 6.45) is 3.04. The number of hydrogen-bond acceptors (Lipinski definition) is 4. The largest absolute Gasteiger partial charge is 0.508 e. The van der Waals surface area contributed by atoms with Gasteiger partial charge in [-0.3, -0.25) is 0 Å². The first-order valence-corrected chi connectivity index (χ1v) is 4.45. The quantitative estimate of drug-likeness (QED) is 0.745. The molecule has 0 aliphatic heterocycles. The van der Waals surface area contributed by atoms with Gasteiger partial charge < -0.3 is 5.11 Å². The van der Waals surface area contributed by atoms with Gasteiger partial charge in [-0.05, 0) is 36.8 Å². The molecular weight excluding hydrogens is 192 g/mol. The zero-order valence-corrected chi connectivity index (χ0v) is 8.20. The number of rotatable bonds is 2. The summed E-state index contributed by atoms with van der Waals surface area (Å²) in [6.45, 7) is 1.88. The maximum atomic E-state index is 9.13. The van der Waals surface area contributed by atoms with Gasteiger partial charge in [-0.1, -0.05) is 0 Å². The maximum absolute atomic E-state index is 9.13. The zero-order chi connectivity index (χ0) is 10.7. The van der Waals surface area contributed by atoms with Crippen LogP contribution in [0.4, 0.5) is 0 Å². The molecule has 5 nitrogen and oxygen atoms in total. The van der Waals surface area contributed by atoms with Gasteiger partial charge in [0.2, 0.25) is 0 Å².